The van der Waals surface area contributed by atoms with Gasteiger partial charge in [0, 0.05) is 0 Å². The van der Waals surface area contributed by atoms with Gasteiger partial charge in [0.15, 0.2) is 4.34 Å². The summed E-state index contributed by atoms with van der Waals surface area (Å²) in [6.45, 7) is 7.00. The molecule has 0 aliphatic rings. The molecular formula is C16H20N2O3S2. The normalized spacial score (nSPS) is 12.9. The van der Waals surface area contributed by atoms with E-state index in [1.54, 1.807) is 39.0 Å². The Kier molecular flexibility index (Phi) is 5.64. The Morgan fingerprint density at radius 3 is 2.70 bits per heavy atom. The summed E-state index contributed by atoms with van der Waals surface area (Å²) in [5.74, 6) is -0.434. The van der Waals surface area contributed by atoms with Crippen LogP contribution >= 0.6 is 23.1 Å². The first-order chi connectivity index (χ1) is 10.7. The molecule has 1 aromatic heterocycles. The Hall–Kier alpha value is -1.60. The van der Waals surface area contributed by atoms with Crippen LogP contribution in [0.4, 0.5) is 0 Å². The summed E-state index contributed by atoms with van der Waals surface area (Å²) in [7, 11) is 0. The van der Waals surface area contributed by atoms with E-state index in [0.29, 0.717) is 0 Å². The third-order valence-corrected chi connectivity index (χ3v) is 4.92. The van der Waals surface area contributed by atoms with E-state index in [2.05, 4.69) is 10.3 Å². The number of benzene rings is 1. The first kappa shape index (κ1) is 17.7. The van der Waals surface area contributed by atoms with Crippen LogP contribution in [0.5, 0.6) is 0 Å². The zero-order chi connectivity index (χ0) is 17.0. The van der Waals surface area contributed by atoms with Crippen LogP contribution < -0.4 is 5.32 Å². The molecule has 1 atom stereocenters. The molecule has 1 heterocycles. The van der Waals surface area contributed by atoms with Crippen molar-refractivity contribution in [3.63, 3.8) is 0 Å². The molecule has 0 saturated heterocycles. The minimum atomic E-state index is -0.669. The number of rotatable bonds is 5. The zero-order valence-corrected chi connectivity index (χ0v) is 15.2. The van der Waals surface area contributed by atoms with Crippen LogP contribution in [0.2, 0.25) is 0 Å². The summed E-state index contributed by atoms with van der Waals surface area (Å²) in [5.41, 5.74) is 0.369. The Balaban J connectivity index is 1.83. The third kappa shape index (κ3) is 5.51. The molecule has 124 valence electrons. The van der Waals surface area contributed by atoms with Crippen LogP contribution in [0, 0.1) is 0 Å². The van der Waals surface area contributed by atoms with Crippen LogP contribution in [-0.2, 0) is 14.3 Å². The van der Waals surface area contributed by atoms with Gasteiger partial charge in [-0.05, 0) is 39.8 Å². The van der Waals surface area contributed by atoms with Gasteiger partial charge in [-0.2, -0.15) is 0 Å². The molecule has 1 N–H and O–H groups in total. The van der Waals surface area contributed by atoms with Crippen molar-refractivity contribution in [1.29, 1.82) is 0 Å². The molecule has 0 fully saturated rings. The first-order valence-corrected chi connectivity index (χ1v) is 9.05. The molecule has 0 aliphatic carbocycles. The summed E-state index contributed by atoms with van der Waals surface area (Å²) in [6.07, 6.45) is 0. The fraction of sp³-hybridized carbons (Fsp3) is 0.438. The molecule has 5 nitrogen and oxygen atoms in total. The highest BCUT2D eigenvalue weighted by atomic mass is 32.2. The highest BCUT2D eigenvalue weighted by Crippen LogP contribution is 2.29. The molecule has 23 heavy (non-hydrogen) atoms. The van der Waals surface area contributed by atoms with Gasteiger partial charge in [-0.1, -0.05) is 23.9 Å². The van der Waals surface area contributed by atoms with E-state index in [4.69, 9.17) is 4.74 Å². The number of nitrogens with zero attached hydrogens (tertiary/aromatic N) is 1. The lowest BCUT2D eigenvalue weighted by Gasteiger charge is -2.22. The van der Waals surface area contributed by atoms with E-state index < -0.39 is 17.6 Å². The van der Waals surface area contributed by atoms with Gasteiger partial charge in [0.1, 0.15) is 11.6 Å². The molecular weight excluding hydrogens is 332 g/mol. The number of esters is 1. The molecule has 0 radical (unpaired) electrons. The number of hydrogen-bond donors (Lipinski definition) is 1. The number of amides is 1. The molecule has 2 aromatic rings. The van der Waals surface area contributed by atoms with Crippen LogP contribution in [0.15, 0.2) is 28.6 Å². The number of fused-ring (bicyclic) bond motifs is 1. The van der Waals surface area contributed by atoms with Crippen LogP contribution in [0.1, 0.15) is 27.7 Å². The van der Waals surface area contributed by atoms with Crippen LogP contribution in [0.25, 0.3) is 10.2 Å². The Morgan fingerprint density at radius 1 is 1.35 bits per heavy atom. The number of ether oxygens (including phenoxy) is 1. The lowest BCUT2D eigenvalue weighted by Crippen LogP contribution is -2.42. The zero-order valence-electron chi connectivity index (χ0n) is 13.6. The smallest absolute Gasteiger partial charge is 0.328 e. The van der Waals surface area contributed by atoms with Crippen molar-refractivity contribution in [2.45, 2.75) is 43.7 Å². The quantitative estimate of drug-likeness (QED) is 0.661. The van der Waals surface area contributed by atoms with Gasteiger partial charge >= 0.3 is 5.97 Å². The van der Waals surface area contributed by atoms with E-state index in [1.165, 1.54) is 11.8 Å². The molecule has 1 amide bonds. The van der Waals surface area contributed by atoms with Crippen molar-refractivity contribution in [3.8, 4) is 0 Å². The van der Waals surface area contributed by atoms with E-state index in [-0.39, 0.29) is 11.7 Å². The third-order valence-electron chi connectivity index (χ3n) is 2.74. The minimum Gasteiger partial charge on any atom is -0.458 e. The number of carbonyl (C=O) groups excluding carboxylic acids is 2. The number of para-hydroxylation sites is 1. The van der Waals surface area contributed by atoms with Crippen LogP contribution in [0.3, 0.4) is 0 Å². The van der Waals surface area contributed by atoms with Crippen molar-refractivity contribution in [2.75, 3.05) is 5.75 Å². The standard InChI is InChI=1S/C16H20N2O3S2/c1-10(14(20)21-16(2,3)4)17-13(19)9-22-15-18-11-7-5-6-8-12(11)23-15/h5-8,10H,9H2,1-4H3,(H,17,19)/t10-/m0/s1. The Labute approximate surface area is 143 Å². The van der Waals surface area contributed by atoms with Crippen molar-refractivity contribution in [2.24, 2.45) is 0 Å². The van der Waals surface area contributed by atoms with Gasteiger partial charge < -0.3 is 10.1 Å². The fourth-order valence-electron chi connectivity index (χ4n) is 1.77. The maximum Gasteiger partial charge on any atom is 0.328 e. The predicted octanol–water partition coefficient (Wildman–Crippen LogP) is 3.23. The summed E-state index contributed by atoms with van der Waals surface area (Å²) in [5, 5.41) is 2.65. The number of aromatic nitrogens is 1. The monoisotopic (exact) mass is 352 g/mol. The number of carbonyl (C=O) groups is 2. The lowest BCUT2D eigenvalue weighted by molar-refractivity contribution is -0.157. The summed E-state index contributed by atoms with van der Waals surface area (Å²) >= 11 is 2.92. The number of hydrogen-bond acceptors (Lipinski definition) is 6. The minimum absolute atomic E-state index is 0.215. The molecule has 2 rings (SSSR count). The number of nitrogens with one attached hydrogen (secondary N) is 1. The van der Waals surface area contributed by atoms with E-state index in [9.17, 15) is 9.59 Å². The highest BCUT2D eigenvalue weighted by Gasteiger charge is 2.23. The second-order valence-electron chi connectivity index (χ2n) is 6.06. The Bertz CT molecular complexity index is 674. The predicted molar refractivity (Wildman–Crippen MR) is 93.8 cm³/mol. The first-order valence-electron chi connectivity index (χ1n) is 7.25. The van der Waals surface area contributed by atoms with Gasteiger partial charge in [0.2, 0.25) is 5.91 Å². The SMILES string of the molecule is C[C@H](NC(=O)CSc1nc2ccccc2s1)C(=O)OC(C)(C)C. The maximum absolute atomic E-state index is 11.9. The average molecular weight is 352 g/mol. The molecule has 0 bridgehead atoms. The topological polar surface area (TPSA) is 68.3 Å². The van der Waals surface area contributed by atoms with Crippen molar-refractivity contribution in [1.82, 2.24) is 10.3 Å². The van der Waals surface area contributed by atoms with E-state index in [0.717, 1.165) is 14.6 Å². The van der Waals surface area contributed by atoms with Gasteiger partial charge in [-0.25, -0.2) is 9.78 Å². The van der Waals surface area contributed by atoms with Gasteiger partial charge in [0.05, 0.1) is 16.0 Å². The van der Waals surface area contributed by atoms with E-state index in [1.807, 2.05) is 24.3 Å². The number of thiazole rings is 1. The average Bonchev–Trinajstić information content (AvgIpc) is 2.86. The lowest BCUT2D eigenvalue weighted by atomic mass is 10.2. The maximum atomic E-state index is 11.9. The summed E-state index contributed by atoms with van der Waals surface area (Å²) in [4.78, 5) is 28.2. The van der Waals surface area contributed by atoms with Gasteiger partial charge in [-0.15, -0.1) is 11.3 Å². The molecule has 0 unspecified atom stereocenters. The summed E-state index contributed by atoms with van der Waals surface area (Å²) in [6, 6.07) is 7.18. The van der Waals surface area contributed by atoms with Crippen molar-refractivity contribution < 1.29 is 14.3 Å². The van der Waals surface area contributed by atoms with Crippen molar-refractivity contribution in [3.05, 3.63) is 24.3 Å². The van der Waals surface area contributed by atoms with Crippen LogP contribution in [-0.4, -0.2) is 34.3 Å². The fourth-order valence-corrected chi connectivity index (χ4v) is 3.65. The molecule has 1 aromatic carbocycles. The molecule has 0 saturated carbocycles. The van der Waals surface area contributed by atoms with Crippen molar-refractivity contribution >= 4 is 45.2 Å². The second kappa shape index (κ2) is 7.31. The number of thioether (sulfide) groups is 1. The highest BCUT2D eigenvalue weighted by molar-refractivity contribution is 8.01. The van der Waals surface area contributed by atoms with Gasteiger partial charge in [-0.3, -0.25) is 4.79 Å². The second-order valence-corrected chi connectivity index (χ2v) is 8.31. The van der Waals surface area contributed by atoms with E-state index >= 15 is 0 Å². The van der Waals surface area contributed by atoms with Gasteiger partial charge in [0.25, 0.3) is 0 Å². The summed E-state index contributed by atoms with van der Waals surface area (Å²) < 4.78 is 7.17. The largest absolute Gasteiger partial charge is 0.458 e. The molecule has 0 spiro atoms. The Morgan fingerprint density at radius 2 is 2.04 bits per heavy atom. The molecule has 0 aliphatic heterocycles. The molecule has 7 heteroatoms.